The summed E-state index contributed by atoms with van der Waals surface area (Å²) in [6.45, 7) is 3.95. The van der Waals surface area contributed by atoms with Crippen LogP contribution in [0, 0.1) is 13.8 Å². The zero-order valence-corrected chi connectivity index (χ0v) is 15.3. The standard InChI is InChI=1S/C18H16ClN3O2S/c1-11-3-6-13(7-4-11)17-21-22-18(24-17)25-10-16(23)20-15-8-5-12(2)9-14(15)19/h3-9H,10H2,1-2H3,(H,20,23). The van der Waals surface area contributed by atoms with E-state index in [0.29, 0.717) is 21.8 Å². The second-order valence-electron chi connectivity index (χ2n) is 5.56. The van der Waals surface area contributed by atoms with Crippen molar-refractivity contribution in [2.75, 3.05) is 11.1 Å². The highest BCUT2D eigenvalue weighted by molar-refractivity contribution is 7.99. The van der Waals surface area contributed by atoms with E-state index in [2.05, 4.69) is 15.5 Å². The smallest absolute Gasteiger partial charge is 0.277 e. The van der Waals surface area contributed by atoms with Gasteiger partial charge in [-0.25, -0.2) is 0 Å². The molecule has 0 aliphatic rings. The molecule has 2 aromatic carbocycles. The molecule has 25 heavy (non-hydrogen) atoms. The van der Waals surface area contributed by atoms with Gasteiger partial charge in [0.2, 0.25) is 11.8 Å². The summed E-state index contributed by atoms with van der Waals surface area (Å²) in [4.78, 5) is 12.1. The van der Waals surface area contributed by atoms with Gasteiger partial charge in [-0.2, -0.15) is 0 Å². The van der Waals surface area contributed by atoms with E-state index in [9.17, 15) is 4.79 Å². The fourth-order valence-electron chi connectivity index (χ4n) is 2.12. The number of anilines is 1. The summed E-state index contributed by atoms with van der Waals surface area (Å²) in [5, 5.41) is 11.6. The highest BCUT2D eigenvalue weighted by Crippen LogP contribution is 2.25. The van der Waals surface area contributed by atoms with Crippen LogP contribution < -0.4 is 5.32 Å². The van der Waals surface area contributed by atoms with Crippen LogP contribution >= 0.6 is 23.4 Å². The average molecular weight is 374 g/mol. The van der Waals surface area contributed by atoms with Crippen molar-refractivity contribution in [1.29, 1.82) is 0 Å². The maximum Gasteiger partial charge on any atom is 0.277 e. The van der Waals surface area contributed by atoms with E-state index >= 15 is 0 Å². The highest BCUT2D eigenvalue weighted by Gasteiger charge is 2.12. The number of nitrogens with one attached hydrogen (secondary N) is 1. The van der Waals surface area contributed by atoms with Crippen LogP contribution in [0.15, 0.2) is 52.1 Å². The second kappa shape index (κ2) is 7.72. The Morgan fingerprint density at radius 2 is 1.84 bits per heavy atom. The summed E-state index contributed by atoms with van der Waals surface area (Å²) < 4.78 is 5.58. The molecule has 0 fully saturated rings. The number of carbonyl (C=O) groups is 1. The molecule has 128 valence electrons. The van der Waals surface area contributed by atoms with Crippen LogP contribution in [0.1, 0.15) is 11.1 Å². The molecule has 0 atom stereocenters. The lowest BCUT2D eigenvalue weighted by atomic mass is 10.1. The number of aryl methyl sites for hydroxylation is 2. The van der Waals surface area contributed by atoms with E-state index in [1.54, 1.807) is 12.1 Å². The van der Waals surface area contributed by atoms with Gasteiger partial charge in [-0.1, -0.05) is 47.1 Å². The van der Waals surface area contributed by atoms with Crippen LogP contribution in [0.3, 0.4) is 0 Å². The molecule has 0 saturated carbocycles. The van der Waals surface area contributed by atoms with Gasteiger partial charge in [0.25, 0.3) is 5.22 Å². The Morgan fingerprint density at radius 1 is 1.12 bits per heavy atom. The van der Waals surface area contributed by atoms with Crippen molar-refractivity contribution in [1.82, 2.24) is 10.2 Å². The lowest BCUT2D eigenvalue weighted by molar-refractivity contribution is -0.113. The molecule has 7 heteroatoms. The fourth-order valence-corrected chi connectivity index (χ4v) is 2.96. The fraction of sp³-hybridized carbons (Fsp3) is 0.167. The normalized spacial score (nSPS) is 10.7. The Labute approximate surface area is 154 Å². The summed E-state index contributed by atoms with van der Waals surface area (Å²) in [5.74, 6) is 0.398. The molecular weight excluding hydrogens is 358 g/mol. The van der Waals surface area contributed by atoms with Gasteiger partial charge >= 0.3 is 0 Å². The van der Waals surface area contributed by atoms with E-state index in [1.165, 1.54) is 11.8 Å². The minimum atomic E-state index is -0.189. The number of carbonyl (C=O) groups excluding carboxylic acids is 1. The van der Waals surface area contributed by atoms with Crippen LogP contribution in [-0.4, -0.2) is 21.9 Å². The molecule has 3 rings (SSSR count). The third-order valence-corrected chi connectivity index (χ3v) is 4.56. The van der Waals surface area contributed by atoms with Crippen molar-refractivity contribution in [2.24, 2.45) is 0 Å². The quantitative estimate of drug-likeness (QED) is 0.654. The molecule has 0 radical (unpaired) electrons. The summed E-state index contributed by atoms with van der Waals surface area (Å²) in [5.41, 5.74) is 3.63. The van der Waals surface area contributed by atoms with Crippen molar-refractivity contribution in [2.45, 2.75) is 19.1 Å². The Balaban J connectivity index is 1.58. The van der Waals surface area contributed by atoms with E-state index in [1.807, 2.05) is 44.2 Å². The van der Waals surface area contributed by atoms with Crippen LogP contribution in [0.2, 0.25) is 5.02 Å². The van der Waals surface area contributed by atoms with Gasteiger partial charge in [-0.05, 0) is 43.7 Å². The second-order valence-corrected chi connectivity index (χ2v) is 6.89. The number of hydrogen-bond acceptors (Lipinski definition) is 5. The van der Waals surface area contributed by atoms with Crippen molar-refractivity contribution < 1.29 is 9.21 Å². The molecule has 0 aliphatic heterocycles. The van der Waals surface area contributed by atoms with Crippen LogP contribution in [0.25, 0.3) is 11.5 Å². The number of nitrogens with zero attached hydrogens (tertiary/aromatic N) is 2. The molecule has 5 nitrogen and oxygen atoms in total. The van der Waals surface area contributed by atoms with E-state index in [4.69, 9.17) is 16.0 Å². The third-order valence-electron chi connectivity index (χ3n) is 3.43. The topological polar surface area (TPSA) is 68.0 Å². The molecule has 0 unspecified atom stereocenters. The minimum absolute atomic E-state index is 0.153. The summed E-state index contributed by atoms with van der Waals surface area (Å²) in [6, 6.07) is 13.3. The molecule has 0 spiro atoms. The van der Waals surface area contributed by atoms with Crippen LogP contribution in [0.5, 0.6) is 0 Å². The number of amides is 1. The first-order valence-electron chi connectivity index (χ1n) is 7.60. The number of thioether (sulfide) groups is 1. The molecule has 1 N–H and O–H groups in total. The lowest BCUT2D eigenvalue weighted by Gasteiger charge is -2.06. The number of rotatable bonds is 5. The van der Waals surface area contributed by atoms with Gasteiger partial charge < -0.3 is 9.73 Å². The summed E-state index contributed by atoms with van der Waals surface area (Å²) in [6.07, 6.45) is 0. The van der Waals surface area contributed by atoms with Crippen molar-refractivity contribution >= 4 is 35.0 Å². The van der Waals surface area contributed by atoms with Crippen molar-refractivity contribution in [3.8, 4) is 11.5 Å². The molecule has 0 aliphatic carbocycles. The summed E-state index contributed by atoms with van der Waals surface area (Å²) >= 11 is 7.29. The monoisotopic (exact) mass is 373 g/mol. The van der Waals surface area contributed by atoms with Gasteiger partial charge in [-0.3, -0.25) is 4.79 Å². The molecule has 1 aromatic heterocycles. The van der Waals surface area contributed by atoms with E-state index in [0.717, 1.165) is 16.7 Å². The molecule has 3 aromatic rings. The molecule has 1 heterocycles. The van der Waals surface area contributed by atoms with Crippen molar-refractivity contribution in [3.63, 3.8) is 0 Å². The zero-order valence-electron chi connectivity index (χ0n) is 13.7. The number of halogens is 1. The van der Waals surface area contributed by atoms with Gasteiger partial charge in [0.15, 0.2) is 0 Å². The predicted octanol–water partition coefficient (Wildman–Crippen LogP) is 4.74. The Hall–Kier alpha value is -2.31. The van der Waals surface area contributed by atoms with Crippen LogP contribution in [-0.2, 0) is 4.79 Å². The summed E-state index contributed by atoms with van der Waals surface area (Å²) in [7, 11) is 0. The SMILES string of the molecule is Cc1ccc(-c2nnc(SCC(=O)Nc3ccc(C)cc3Cl)o2)cc1. The van der Waals surface area contributed by atoms with E-state index < -0.39 is 0 Å². The maximum atomic E-state index is 12.1. The Morgan fingerprint density at radius 3 is 2.56 bits per heavy atom. The lowest BCUT2D eigenvalue weighted by Crippen LogP contribution is -2.14. The first kappa shape index (κ1) is 17.5. The van der Waals surface area contributed by atoms with Gasteiger partial charge in [0.1, 0.15) is 0 Å². The minimum Gasteiger partial charge on any atom is -0.411 e. The van der Waals surface area contributed by atoms with Crippen LogP contribution in [0.4, 0.5) is 5.69 Å². The van der Waals surface area contributed by atoms with Gasteiger partial charge in [0, 0.05) is 5.56 Å². The highest BCUT2D eigenvalue weighted by atomic mass is 35.5. The Kier molecular flexibility index (Phi) is 5.40. The van der Waals surface area contributed by atoms with E-state index in [-0.39, 0.29) is 11.7 Å². The average Bonchev–Trinajstić information content (AvgIpc) is 3.05. The molecule has 0 saturated heterocycles. The zero-order chi connectivity index (χ0) is 17.8. The maximum absolute atomic E-state index is 12.1. The first-order valence-corrected chi connectivity index (χ1v) is 8.97. The number of aromatic nitrogens is 2. The predicted molar refractivity (Wildman–Crippen MR) is 100 cm³/mol. The molecular formula is C18H16ClN3O2S. The molecule has 1 amide bonds. The first-order chi connectivity index (χ1) is 12.0. The largest absolute Gasteiger partial charge is 0.411 e. The number of hydrogen-bond donors (Lipinski definition) is 1. The third kappa shape index (κ3) is 4.61. The number of benzene rings is 2. The molecule has 0 bridgehead atoms. The van der Waals surface area contributed by atoms with Gasteiger partial charge in [-0.15, -0.1) is 10.2 Å². The Bertz CT molecular complexity index is 894. The van der Waals surface area contributed by atoms with Crippen molar-refractivity contribution in [3.05, 3.63) is 58.6 Å². The van der Waals surface area contributed by atoms with Gasteiger partial charge in [0.05, 0.1) is 16.5 Å².